The first kappa shape index (κ1) is 7.69. The van der Waals surface area contributed by atoms with Crippen LogP contribution in [0, 0.1) is 6.92 Å². The van der Waals surface area contributed by atoms with Gasteiger partial charge < -0.3 is 4.42 Å². The van der Waals surface area contributed by atoms with Crippen molar-refractivity contribution in [3.8, 4) is 11.6 Å². The Hall–Kier alpha value is -1.69. The fourth-order valence-corrected chi connectivity index (χ4v) is 1.95. The van der Waals surface area contributed by atoms with Crippen LogP contribution >= 0.6 is 11.3 Å². The lowest BCUT2D eigenvalue weighted by atomic mass is 10.4. The number of hydrogen-bond acceptors (Lipinski definition) is 5. The lowest BCUT2D eigenvalue weighted by Crippen LogP contribution is -1.88. The van der Waals surface area contributed by atoms with Gasteiger partial charge >= 0.3 is 0 Å². The number of fused-ring (bicyclic) bond motifs is 1. The summed E-state index contributed by atoms with van der Waals surface area (Å²) >= 11 is 1.51. The van der Waals surface area contributed by atoms with Gasteiger partial charge in [0.2, 0.25) is 10.8 Å². The maximum atomic E-state index is 5.24. The van der Waals surface area contributed by atoms with Gasteiger partial charge in [-0.15, -0.1) is 10.2 Å². The summed E-state index contributed by atoms with van der Waals surface area (Å²) in [6, 6.07) is 3.65. The lowest BCUT2D eigenvalue weighted by molar-refractivity contribution is 0.574. The van der Waals surface area contributed by atoms with E-state index < -0.39 is 0 Å². The summed E-state index contributed by atoms with van der Waals surface area (Å²) in [6.07, 6.45) is 1.61. The maximum absolute atomic E-state index is 5.24. The van der Waals surface area contributed by atoms with E-state index in [9.17, 15) is 0 Å². The molecule has 0 aliphatic carbocycles. The molecule has 70 valence electrons. The van der Waals surface area contributed by atoms with E-state index >= 15 is 0 Å². The van der Waals surface area contributed by atoms with Crippen LogP contribution in [0.3, 0.4) is 0 Å². The van der Waals surface area contributed by atoms with Gasteiger partial charge in [0.15, 0.2) is 5.76 Å². The first-order valence-electron chi connectivity index (χ1n) is 4.07. The van der Waals surface area contributed by atoms with E-state index in [1.807, 2.05) is 19.1 Å². The van der Waals surface area contributed by atoms with Gasteiger partial charge in [0.25, 0.3) is 0 Å². The molecule has 3 heterocycles. The minimum atomic E-state index is 0.648. The van der Waals surface area contributed by atoms with Crippen molar-refractivity contribution in [2.75, 3.05) is 0 Å². The first-order chi connectivity index (χ1) is 6.84. The van der Waals surface area contributed by atoms with Gasteiger partial charge in [0, 0.05) is 0 Å². The fourth-order valence-electron chi connectivity index (χ4n) is 1.27. The summed E-state index contributed by atoms with van der Waals surface area (Å²) in [5.41, 5.74) is 0. The quantitative estimate of drug-likeness (QED) is 0.608. The second-order valence-electron chi connectivity index (χ2n) is 2.82. The van der Waals surface area contributed by atoms with Crippen molar-refractivity contribution < 1.29 is 4.42 Å². The van der Waals surface area contributed by atoms with Crippen molar-refractivity contribution in [3.63, 3.8) is 0 Å². The highest BCUT2D eigenvalue weighted by molar-refractivity contribution is 7.16. The Kier molecular flexibility index (Phi) is 1.45. The van der Waals surface area contributed by atoms with Crippen molar-refractivity contribution in [1.82, 2.24) is 19.8 Å². The highest BCUT2D eigenvalue weighted by atomic mass is 32.1. The van der Waals surface area contributed by atoms with Crippen LogP contribution in [0.4, 0.5) is 0 Å². The molecule has 0 radical (unpaired) electrons. The highest BCUT2D eigenvalue weighted by Gasteiger charge is 2.13. The summed E-state index contributed by atoms with van der Waals surface area (Å²) in [6.45, 7) is 1.94. The standard InChI is InChI=1S/C8H6N4OS/c1-5-11-12-7(6-3-2-4-13-6)9-10-8(12)14-5/h2-4H,1H3. The summed E-state index contributed by atoms with van der Waals surface area (Å²) in [5, 5.41) is 13.3. The van der Waals surface area contributed by atoms with Crippen molar-refractivity contribution in [3.05, 3.63) is 23.4 Å². The molecule has 6 heteroatoms. The second-order valence-corrected chi connectivity index (χ2v) is 3.98. The molecule has 0 spiro atoms. The summed E-state index contributed by atoms with van der Waals surface area (Å²) in [7, 11) is 0. The van der Waals surface area contributed by atoms with E-state index in [1.54, 1.807) is 10.8 Å². The second kappa shape index (κ2) is 2.65. The zero-order valence-electron chi connectivity index (χ0n) is 7.34. The molecule has 0 saturated carbocycles. The molecule has 3 rings (SSSR count). The molecular formula is C8H6N4OS. The molecule has 3 aromatic heterocycles. The molecule has 0 saturated heterocycles. The van der Waals surface area contributed by atoms with Gasteiger partial charge in [0.05, 0.1) is 6.26 Å². The monoisotopic (exact) mass is 206 g/mol. The third kappa shape index (κ3) is 0.973. The number of aryl methyl sites for hydroxylation is 1. The molecular weight excluding hydrogens is 200 g/mol. The molecule has 0 N–H and O–H groups in total. The predicted molar refractivity (Wildman–Crippen MR) is 51.1 cm³/mol. The number of furan rings is 1. The van der Waals surface area contributed by atoms with Crippen LogP contribution in [0.5, 0.6) is 0 Å². The molecule has 0 aliphatic heterocycles. The van der Waals surface area contributed by atoms with Crippen molar-refractivity contribution in [2.24, 2.45) is 0 Å². The Morgan fingerprint density at radius 2 is 2.36 bits per heavy atom. The van der Waals surface area contributed by atoms with Crippen LogP contribution in [0.2, 0.25) is 0 Å². The molecule has 0 unspecified atom stereocenters. The minimum Gasteiger partial charge on any atom is -0.461 e. The van der Waals surface area contributed by atoms with Gasteiger partial charge in [-0.2, -0.15) is 9.61 Å². The predicted octanol–water partition coefficient (Wildman–Crippen LogP) is 1.75. The van der Waals surface area contributed by atoms with Gasteiger partial charge in [-0.25, -0.2) is 0 Å². The fraction of sp³-hybridized carbons (Fsp3) is 0.125. The van der Waals surface area contributed by atoms with Gasteiger partial charge in [-0.1, -0.05) is 11.3 Å². The molecule has 0 fully saturated rings. The highest BCUT2D eigenvalue weighted by Crippen LogP contribution is 2.20. The molecule has 0 amide bonds. The summed E-state index contributed by atoms with van der Waals surface area (Å²) in [4.78, 5) is 0.786. The van der Waals surface area contributed by atoms with Crippen molar-refractivity contribution in [2.45, 2.75) is 6.92 Å². The lowest BCUT2D eigenvalue weighted by Gasteiger charge is -1.88. The molecule has 14 heavy (non-hydrogen) atoms. The Balaban J connectivity index is 2.31. The van der Waals surface area contributed by atoms with E-state index in [0.29, 0.717) is 11.6 Å². The summed E-state index contributed by atoms with van der Waals surface area (Å²) < 4.78 is 6.93. The molecule has 3 aromatic rings. The van der Waals surface area contributed by atoms with E-state index in [2.05, 4.69) is 15.3 Å². The molecule has 0 aliphatic rings. The topological polar surface area (TPSA) is 56.2 Å². The molecule has 0 aromatic carbocycles. The van der Waals surface area contributed by atoms with Crippen LogP contribution in [-0.4, -0.2) is 19.8 Å². The number of hydrogen-bond donors (Lipinski definition) is 0. The minimum absolute atomic E-state index is 0.648. The normalized spacial score (nSPS) is 11.2. The van der Waals surface area contributed by atoms with Crippen molar-refractivity contribution >= 4 is 16.3 Å². The Morgan fingerprint density at radius 1 is 1.43 bits per heavy atom. The largest absolute Gasteiger partial charge is 0.461 e. The zero-order chi connectivity index (χ0) is 9.54. The summed E-state index contributed by atoms with van der Waals surface area (Å²) in [5.74, 6) is 1.33. The van der Waals surface area contributed by atoms with Crippen LogP contribution in [0.1, 0.15) is 5.01 Å². The third-order valence-electron chi connectivity index (χ3n) is 1.83. The molecule has 0 atom stereocenters. The maximum Gasteiger partial charge on any atom is 0.235 e. The van der Waals surface area contributed by atoms with Gasteiger partial charge in [0.1, 0.15) is 5.01 Å². The van der Waals surface area contributed by atoms with Gasteiger partial charge in [-0.05, 0) is 19.1 Å². The molecule has 5 nitrogen and oxygen atoms in total. The average molecular weight is 206 g/mol. The van der Waals surface area contributed by atoms with E-state index in [1.165, 1.54) is 11.3 Å². The first-order valence-corrected chi connectivity index (χ1v) is 4.89. The Morgan fingerprint density at radius 3 is 3.14 bits per heavy atom. The average Bonchev–Trinajstić information content (AvgIpc) is 2.77. The van der Waals surface area contributed by atoms with Crippen LogP contribution in [0.15, 0.2) is 22.8 Å². The zero-order valence-corrected chi connectivity index (χ0v) is 8.15. The number of rotatable bonds is 1. The van der Waals surface area contributed by atoms with E-state index in [0.717, 1.165) is 9.97 Å². The van der Waals surface area contributed by atoms with Crippen LogP contribution in [0.25, 0.3) is 16.5 Å². The Labute approximate surface area is 83.0 Å². The van der Waals surface area contributed by atoms with Crippen LogP contribution < -0.4 is 0 Å². The van der Waals surface area contributed by atoms with Gasteiger partial charge in [-0.3, -0.25) is 0 Å². The Bertz CT molecular complexity index is 565. The number of aromatic nitrogens is 4. The SMILES string of the molecule is Cc1nn2c(-c3ccco3)nnc2s1. The molecule has 0 bridgehead atoms. The van der Waals surface area contributed by atoms with E-state index in [-0.39, 0.29) is 0 Å². The number of nitrogens with zero attached hydrogens (tertiary/aromatic N) is 4. The van der Waals surface area contributed by atoms with E-state index in [4.69, 9.17) is 4.42 Å². The third-order valence-corrected chi connectivity index (χ3v) is 2.65. The van der Waals surface area contributed by atoms with Crippen molar-refractivity contribution in [1.29, 1.82) is 0 Å². The van der Waals surface area contributed by atoms with Crippen LogP contribution in [-0.2, 0) is 0 Å². The smallest absolute Gasteiger partial charge is 0.235 e.